The molecular formula is C25H23N5O2S. The van der Waals surface area contributed by atoms with Gasteiger partial charge < -0.3 is 10.1 Å². The van der Waals surface area contributed by atoms with Crippen LogP contribution < -0.4 is 10.1 Å². The molecule has 0 unspecified atom stereocenters. The first-order valence-electron chi connectivity index (χ1n) is 10.8. The first-order chi connectivity index (χ1) is 16.2. The van der Waals surface area contributed by atoms with Crippen LogP contribution in [0.25, 0.3) is 5.69 Å². The minimum Gasteiger partial charge on any atom is -0.455 e. The molecule has 0 radical (unpaired) electrons. The Morgan fingerprint density at radius 2 is 2.00 bits per heavy atom. The number of amides is 1. The van der Waals surface area contributed by atoms with Crippen molar-refractivity contribution in [1.29, 1.82) is 0 Å². The van der Waals surface area contributed by atoms with E-state index in [1.54, 1.807) is 24.2 Å². The van der Waals surface area contributed by atoms with E-state index < -0.39 is 0 Å². The number of thioether (sulfide) groups is 1. The van der Waals surface area contributed by atoms with E-state index in [1.165, 1.54) is 6.92 Å². The largest absolute Gasteiger partial charge is 0.455 e. The summed E-state index contributed by atoms with van der Waals surface area (Å²) in [5.74, 6) is 3.46. The fourth-order valence-corrected chi connectivity index (χ4v) is 4.50. The Morgan fingerprint density at radius 3 is 2.79 bits per heavy atom. The van der Waals surface area contributed by atoms with Crippen molar-refractivity contribution in [1.82, 2.24) is 19.7 Å². The summed E-state index contributed by atoms with van der Waals surface area (Å²) in [5.41, 5.74) is 2.75. The van der Waals surface area contributed by atoms with E-state index >= 15 is 0 Å². The summed E-state index contributed by atoms with van der Waals surface area (Å²) in [6.45, 7) is 1.51. The topological polar surface area (TPSA) is 81.9 Å². The van der Waals surface area contributed by atoms with Crippen LogP contribution in [0.4, 0.5) is 5.69 Å². The maximum absolute atomic E-state index is 11.5. The van der Waals surface area contributed by atoms with Gasteiger partial charge in [0, 0.05) is 36.0 Å². The molecule has 33 heavy (non-hydrogen) atoms. The molecule has 8 heteroatoms. The second-order valence-electron chi connectivity index (χ2n) is 7.87. The zero-order chi connectivity index (χ0) is 22.6. The van der Waals surface area contributed by atoms with E-state index in [0.717, 1.165) is 46.5 Å². The van der Waals surface area contributed by atoms with E-state index in [-0.39, 0.29) is 5.91 Å². The number of aromatic nitrogens is 4. The summed E-state index contributed by atoms with van der Waals surface area (Å²) in [6.07, 6.45) is 5.66. The second kappa shape index (κ2) is 9.46. The van der Waals surface area contributed by atoms with Crippen molar-refractivity contribution >= 4 is 23.4 Å². The molecule has 1 N–H and O–H groups in total. The Morgan fingerprint density at radius 1 is 1.12 bits per heavy atom. The van der Waals surface area contributed by atoms with Gasteiger partial charge in [-0.05, 0) is 49.2 Å². The van der Waals surface area contributed by atoms with Crippen molar-refractivity contribution in [2.75, 3.05) is 5.32 Å². The van der Waals surface area contributed by atoms with Gasteiger partial charge in [-0.1, -0.05) is 36.0 Å². The second-order valence-corrected chi connectivity index (χ2v) is 8.81. The lowest BCUT2D eigenvalue weighted by Gasteiger charge is -2.13. The molecule has 0 bridgehead atoms. The van der Waals surface area contributed by atoms with Gasteiger partial charge in [0.2, 0.25) is 5.91 Å². The molecule has 0 spiro atoms. The molecule has 2 aromatic carbocycles. The third-order valence-corrected chi connectivity index (χ3v) is 6.19. The summed E-state index contributed by atoms with van der Waals surface area (Å²) in [4.78, 5) is 15.6. The minimum absolute atomic E-state index is 0.0989. The first-order valence-corrected chi connectivity index (χ1v) is 11.8. The molecule has 1 aliphatic rings. The van der Waals surface area contributed by atoms with E-state index in [1.807, 2.05) is 54.6 Å². The molecule has 1 amide bonds. The predicted molar refractivity (Wildman–Crippen MR) is 128 cm³/mol. The maximum atomic E-state index is 11.5. The molecular weight excluding hydrogens is 434 g/mol. The van der Waals surface area contributed by atoms with Crippen LogP contribution in [0.15, 0.2) is 78.2 Å². The van der Waals surface area contributed by atoms with Gasteiger partial charge in [-0.15, -0.1) is 10.2 Å². The average Bonchev–Trinajstić information content (AvgIpc) is 3.58. The van der Waals surface area contributed by atoms with Crippen molar-refractivity contribution < 1.29 is 9.53 Å². The van der Waals surface area contributed by atoms with Crippen molar-refractivity contribution in [3.63, 3.8) is 0 Å². The van der Waals surface area contributed by atoms with Crippen molar-refractivity contribution in [3.8, 4) is 17.2 Å². The molecule has 5 rings (SSSR count). The number of pyridine rings is 1. The zero-order valence-corrected chi connectivity index (χ0v) is 19.0. The van der Waals surface area contributed by atoms with Crippen LogP contribution in [0.2, 0.25) is 0 Å². The summed E-state index contributed by atoms with van der Waals surface area (Å²) in [5, 5.41) is 12.7. The lowest BCUT2D eigenvalue weighted by molar-refractivity contribution is -0.114. The highest BCUT2D eigenvalue weighted by Crippen LogP contribution is 2.42. The number of hydrogen-bond donors (Lipinski definition) is 1. The molecule has 2 aromatic heterocycles. The third-order valence-electron chi connectivity index (χ3n) is 5.22. The van der Waals surface area contributed by atoms with Crippen molar-refractivity contribution in [3.05, 3.63) is 84.4 Å². The number of benzene rings is 2. The quantitative estimate of drug-likeness (QED) is 0.348. The minimum atomic E-state index is -0.0989. The molecule has 0 saturated heterocycles. The van der Waals surface area contributed by atoms with Gasteiger partial charge in [0.25, 0.3) is 0 Å². The fourth-order valence-electron chi connectivity index (χ4n) is 3.55. The molecule has 1 fully saturated rings. The van der Waals surface area contributed by atoms with Gasteiger partial charge in [0.05, 0.1) is 11.9 Å². The van der Waals surface area contributed by atoms with Crippen molar-refractivity contribution in [2.45, 2.75) is 36.6 Å². The standard InChI is InChI=1S/C25H23N5O2S/c1-17(31)27-20-7-4-8-21(14-20)30-24(18-11-12-18)28-29-25(30)33-16-19-6-2-3-10-23(19)32-22-9-5-13-26-15-22/h2-10,13-15,18H,11-12,16H2,1H3,(H,27,31). The van der Waals surface area contributed by atoms with Crippen LogP contribution in [-0.2, 0) is 10.5 Å². The normalized spacial score (nSPS) is 13.0. The van der Waals surface area contributed by atoms with Crippen molar-refractivity contribution in [2.24, 2.45) is 0 Å². The Hall–Kier alpha value is -3.65. The number of rotatable bonds is 8. The highest BCUT2D eigenvalue weighted by molar-refractivity contribution is 7.98. The van der Waals surface area contributed by atoms with Gasteiger partial charge >= 0.3 is 0 Å². The van der Waals surface area contributed by atoms with Crippen LogP contribution in [0.3, 0.4) is 0 Å². The first kappa shape index (κ1) is 21.2. The summed E-state index contributed by atoms with van der Waals surface area (Å²) in [7, 11) is 0. The van der Waals surface area contributed by atoms with Crippen LogP contribution in [0.1, 0.15) is 37.1 Å². The van der Waals surface area contributed by atoms with E-state index in [9.17, 15) is 4.79 Å². The Bertz CT molecular complexity index is 1270. The Kier molecular flexibility index (Phi) is 6.08. The molecule has 166 valence electrons. The smallest absolute Gasteiger partial charge is 0.221 e. The lowest BCUT2D eigenvalue weighted by atomic mass is 10.2. The maximum Gasteiger partial charge on any atom is 0.221 e. The number of anilines is 1. The number of para-hydroxylation sites is 1. The highest BCUT2D eigenvalue weighted by atomic mass is 32.2. The Labute approximate surface area is 196 Å². The highest BCUT2D eigenvalue weighted by Gasteiger charge is 2.31. The predicted octanol–water partition coefficient (Wildman–Crippen LogP) is 5.58. The molecule has 0 aliphatic heterocycles. The number of carbonyl (C=O) groups excluding carboxylic acids is 1. The molecule has 7 nitrogen and oxygen atoms in total. The zero-order valence-electron chi connectivity index (χ0n) is 18.1. The number of carbonyl (C=O) groups is 1. The van der Waals surface area contributed by atoms with Crippen LogP contribution >= 0.6 is 11.8 Å². The summed E-state index contributed by atoms with van der Waals surface area (Å²) < 4.78 is 8.17. The van der Waals surface area contributed by atoms with Crippen LogP contribution in [-0.4, -0.2) is 25.7 Å². The number of nitrogens with one attached hydrogen (secondary N) is 1. The van der Waals surface area contributed by atoms with E-state index in [4.69, 9.17) is 4.74 Å². The third kappa shape index (κ3) is 5.06. The van der Waals surface area contributed by atoms with Gasteiger partial charge in [-0.25, -0.2) is 0 Å². The fraction of sp³-hybridized carbons (Fsp3) is 0.200. The van der Waals surface area contributed by atoms with Gasteiger partial charge in [0.15, 0.2) is 5.16 Å². The molecule has 1 saturated carbocycles. The lowest BCUT2D eigenvalue weighted by Crippen LogP contribution is -2.07. The number of hydrogen-bond acceptors (Lipinski definition) is 6. The SMILES string of the molecule is CC(=O)Nc1cccc(-n2c(SCc3ccccc3Oc3cccnc3)nnc2C2CC2)c1. The molecule has 1 aliphatic carbocycles. The number of ether oxygens (including phenoxy) is 1. The monoisotopic (exact) mass is 457 g/mol. The molecule has 2 heterocycles. The van der Waals surface area contributed by atoms with Gasteiger partial charge in [-0.2, -0.15) is 0 Å². The number of nitrogens with zero attached hydrogens (tertiary/aromatic N) is 4. The molecule has 0 atom stereocenters. The summed E-state index contributed by atoms with van der Waals surface area (Å²) >= 11 is 1.61. The van der Waals surface area contributed by atoms with E-state index in [0.29, 0.717) is 17.4 Å². The Balaban J connectivity index is 1.41. The average molecular weight is 458 g/mol. The van der Waals surface area contributed by atoms with Crippen LogP contribution in [0, 0.1) is 0 Å². The van der Waals surface area contributed by atoms with Gasteiger partial charge in [-0.3, -0.25) is 14.3 Å². The van der Waals surface area contributed by atoms with Crippen LogP contribution in [0.5, 0.6) is 11.5 Å². The molecule has 4 aromatic rings. The van der Waals surface area contributed by atoms with Gasteiger partial charge in [0.1, 0.15) is 17.3 Å². The summed E-state index contributed by atoms with van der Waals surface area (Å²) in [6, 6.07) is 19.5. The van der Waals surface area contributed by atoms with E-state index in [2.05, 4.69) is 31.1 Å².